The fourth-order valence-corrected chi connectivity index (χ4v) is 1.48. The highest BCUT2D eigenvalue weighted by Crippen LogP contribution is 2.17. The molecule has 0 saturated heterocycles. The molecule has 0 bridgehead atoms. The minimum absolute atomic E-state index is 0.0340. The molecule has 0 atom stereocenters. The molecule has 2 rings (SSSR count). The van der Waals surface area contributed by atoms with Crippen molar-refractivity contribution in [2.45, 2.75) is 13.8 Å². The Balaban J connectivity index is 2.82. The van der Waals surface area contributed by atoms with E-state index in [9.17, 15) is 9.59 Å². The zero-order valence-corrected chi connectivity index (χ0v) is 7.88. The summed E-state index contributed by atoms with van der Waals surface area (Å²) in [5, 5.41) is 0. The highest BCUT2D eigenvalue weighted by Gasteiger charge is 2.08. The van der Waals surface area contributed by atoms with Gasteiger partial charge >= 0.3 is 5.76 Å². The number of benzene rings is 1. The molecule has 1 heterocycles. The molecule has 0 aliphatic rings. The maximum Gasteiger partial charge on any atom is 0.417 e. The van der Waals surface area contributed by atoms with Crippen molar-refractivity contribution in [3.63, 3.8) is 0 Å². The first-order chi connectivity index (χ1) is 6.58. The number of aryl methyl sites for hydroxylation is 1. The van der Waals surface area contributed by atoms with Crippen molar-refractivity contribution in [3.05, 3.63) is 33.8 Å². The van der Waals surface area contributed by atoms with Crippen LogP contribution >= 0.6 is 0 Å². The first-order valence-corrected chi connectivity index (χ1v) is 4.22. The van der Waals surface area contributed by atoms with Crippen LogP contribution in [0.3, 0.4) is 0 Å². The minimum atomic E-state index is -0.500. The van der Waals surface area contributed by atoms with Gasteiger partial charge in [0.05, 0.1) is 5.52 Å². The number of hydrogen-bond donors (Lipinski definition) is 1. The number of aromatic nitrogens is 1. The van der Waals surface area contributed by atoms with Crippen LogP contribution in [0, 0.1) is 6.92 Å². The smallest absolute Gasteiger partial charge is 0.408 e. The summed E-state index contributed by atoms with van der Waals surface area (Å²) in [6, 6.07) is 3.32. The Labute approximate surface area is 79.5 Å². The van der Waals surface area contributed by atoms with Crippen molar-refractivity contribution in [2.24, 2.45) is 0 Å². The molecule has 1 aromatic carbocycles. The van der Waals surface area contributed by atoms with E-state index in [0.29, 0.717) is 16.7 Å². The maximum atomic E-state index is 11.2. The largest absolute Gasteiger partial charge is 0.417 e. The molecule has 4 nitrogen and oxygen atoms in total. The third-order valence-electron chi connectivity index (χ3n) is 2.15. The van der Waals surface area contributed by atoms with E-state index in [4.69, 9.17) is 4.42 Å². The van der Waals surface area contributed by atoms with E-state index < -0.39 is 5.76 Å². The number of aromatic amines is 1. The van der Waals surface area contributed by atoms with Crippen LogP contribution in [-0.2, 0) is 0 Å². The Hall–Kier alpha value is -1.84. The summed E-state index contributed by atoms with van der Waals surface area (Å²) in [5.74, 6) is -0.534. The molecular formula is C10H9NO3. The first-order valence-electron chi connectivity index (χ1n) is 4.22. The summed E-state index contributed by atoms with van der Waals surface area (Å²) in [6.45, 7) is 3.31. The fourth-order valence-electron chi connectivity index (χ4n) is 1.48. The maximum absolute atomic E-state index is 11.2. The normalized spacial score (nSPS) is 10.7. The molecule has 72 valence electrons. The van der Waals surface area contributed by atoms with Crippen LogP contribution in [0.2, 0.25) is 0 Å². The second kappa shape index (κ2) is 2.83. The third-order valence-corrected chi connectivity index (χ3v) is 2.15. The summed E-state index contributed by atoms with van der Waals surface area (Å²) >= 11 is 0. The van der Waals surface area contributed by atoms with E-state index in [-0.39, 0.29) is 5.78 Å². The van der Waals surface area contributed by atoms with Gasteiger partial charge in [0.15, 0.2) is 11.4 Å². The third kappa shape index (κ3) is 1.25. The van der Waals surface area contributed by atoms with Crippen LogP contribution in [0.4, 0.5) is 0 Å². The van der Waals surface area contributed by atoms with Gasteiger partial charge < -0.3 is 4.42 Å². The van der Waals surface area contributed by atoms with Gasteiger partial charge in [-0.2, -0.15) is 0 Å². The Morgan fingerprint density at radius 3 is 2.79 bits per heavy atom. The molecule has 1 aromatic heterocycles. The lowest BCUT2D eigenvalue weighted by Crippen LogP contribution is -1.95. The SMILES string of the molecule is CC(=O)c1cc2oc(=O)[nH]c2cc1C. The number of H-pyrrole nitrogens is 1. The highest BCUT2D eigenvalue weighted by atomic mass is 16.4. The molecule has 0 spiro atoms. The van der Waals surface area contributed by atoms with Gasteiger partial charge in [0.2, 0.25) is 0 Å². The van der Waals surface area contributed by atoms with Crippen LogP contribution < -0.4 is 5.76 Å². The molecule has 0 unspecified atom stereocenters. The summed E-state index contributed by atoms with van der Waals surface area (Å²) in [5.41, 5.74) is 2.46. The molecule has 0 aliphatic carbocycles. The van der Waals surface area contributed by atoms with Crippen molar-refractivity contribution >= 4 is 16.9 Å². The van der Waals surface area contributed by atoms with Gasteiger partial charge in [-0.1, -0.05) is 0 Å². The predicted octanol–water partition coefficient (Wildman–Crippen LogP) is 1.63. The fraction of sp³-hybridized carbons (Fsp3) is 0.200. The highest BCUT2D eigenvalue weighted by molar-refractivity contribution is 5.98. The molecule has 0 radical (unpaired) electrons. The summed E-state index contributed by atoms with van der Waals surface area (Å²) in [7, 11) is 0. The molecule has 2 aromatic rings. The Morgan fingerprint density at radius 2 is 2.14 bits per heavy atom. The summed E-state index contributed by atoms with van der Waals surface area (Å²) < 4.78 is 4.85. The van der Waals surface area contributed by atoms with Crippen LogP contribution in [0.1, 0.15) is 22.8 Å². The molecule has 1 N–H and O–H groups in total. The number of carbonyl (C=O) groups is 1. The topological polar surface area (TPSA) is 63.1 Å². The predicted molar refractivity (Wildman–Crippen MR) is 51.6 cm³/mol. The summed E-state index contributed by atoms with van der Waals surface area (Å²) in [4.78, 5) is 24.6. The van der Waals surface area contributed by atoms with E-state index in [1.54, 1.807) is 12.1 Å². The van der Waals surface area contributed by atoms with Crippen LogP contribution in [0.5, 0.6) is 0 Å². The average Bonchev–Trinajstić information content (AvgIpc) is 2.42. The van der Waals surface area contributed by atoms with Gasteiger partial charge in [-0.15, -0.1) is 0 Å². The van der Waals surface area contributed by atoms with Crippen molar-refractivity contribution in [3.8, 4) is 0 Å². The van der Waals surface area contributed by atoms with Gasteiger partial charge in [-0.3, -0.25) is 9.78 Å². The monoisotopic (exact) mass is 191 g/mol. The van der Waals surface area contributed by atoms with Crippen LogP contribution in [0.25, 0.3) is 11.1 Å². The number of fused-ring (bicyclic) bond motifs is 1. The van der Waals surface area contributed by atoms with Gasteiger partial charge in [-0.05, 0) is 31.5 Å². The number of carbonyl (C=O) groups excluding carboxylic acids is 1. The standard InChI is InChI=1S/C10H9NO3/c1-5-3-8-9(14-10(13)11-8)4-7(5)6(2)12/h3-4H,1-2H3,(H,11,13). The lowest BCUT2D eigenvalue weighted by molar-refractivity contribution is 0.101. The molecule has 0 fully saturated rings. The number of Topliss-reactive ketones (excluding diaryl/α,β-unsaturated/α-hetero) is 1. The Kier molecular flexibility index (Phi) is 1.77. The van der Waals surface area contributed by atoms with Gasteiger partial charge in [0, 0.05) is 5.56 Å². The van der Waals surface area contributed by atoms with Gasteiger partial charge in [0.25, 0.3) is 0 Å². The number of oxazole rings is 1. The molecule has 4 heteroatoms. The van der Waals surface area contributed by atoms with Crippen LogP contribution in [-0.4, -0.2) is 10.8 Å². The number of rotatable bonds is 1. The Bertz CT molecular complexity index is 562. The molecule has 0 saturated carbocycles. The van der Waals surface area contributed by atoms with Crippen molar-refractivity contribution in [2.75, 3.05) is 0 Å². The number of ketones is 1. The second-order valence-corrected chi connectivity index (χ2v) is 3.23. The van der Waals surface area contributed by atoms with E-state index >= 15 is 0 Å². The quantitative estimate of drug-likeness (QED) is 0.697. The zero-order valence-electron chi connectivity index (χ0n) is 7.88. The lowest BCUT2D eigenvalue weighted by Gasteiger charge is -1.99. The first kappa shape index (κ1) is 8.74. The molecular weight excluding hydrogens is 182 g/mol. The Morgan fingerprint density at radius 1 is 1.43 bits per heavy atom. The van der Waals surface area contributed by atoms with Crippen LogP contribution in [0.15, 0.2) is 21.3 Å². The van der Waals surface area contributed by atoms with E-state index in [1.807, 2.05) is 6.92 Å². The van der Waals surface area contributed by atoms with E-state index in [0.717, 1.165) is 5.56 Å². The van der Waals surface area contributed by atoms with E-state index in [1.165, 1.54) is 6.92 Å². The molecule has 0 aliphatic heterocycles. The molecule has 0 amide bonds. The zero-order chi connectivity index (χ0) is 10.3. The van der Waals surface area contributed by atoms with Crippen molar-refractivity contribution in [1.82, 2.24) is 4.98 Å². The lowest BCUT2D eigenvalue weighted by atomic mass is 10.1. The van der Waals surface area contributed by atoms with Gasteiger partial charge in [0.1, 0.15) is 0 Å². The van der Waals surface area contributed by atoms with E-state index in [2.05, 4.69) is 4.98 Å². The second-order valence-electron chi connectivity index (χ2n) is 3.23. The summed E-state index contributed by atoms with van der Waals surface area (Å²) in [6.07, 6.45) is 0. The number of nitrogens with one attached hydrogen (secondary N) is 1. The average molecular weight is 191 g/mol. The van der Waals surface area contributed by atoms with Gasteiger partial charge in [-0.25, -0.2) is 4.79 Å². The van der Waals surface area contributed by atoms with Crippen molar-refractivity contribution < 1.29 is 9.21 Å². The number of hydrogen-bond acceptors (Lipinski definition) is 3. The minimum Gasteiger partial charge on any atom is -0.408 e. The van der Waals surface area contributed by atoms with Crippen molar-refractivity contribution in [1.29, 1.82) is 0 Å². The molecule has 14 heavy (non-hydrogen) atoms.